The molecule has 0 saturated carbocycles. The Morgan fingerprint density at radius 2 is 2.10 bits per heavy atom. The summed E-state index contributed by atoms with van der Waals surface area (Å²) >= 11 is 0. The van der Waals surface area contributed by atoms with Gasteiger partial charge in [0, 0.05) is 18.5 Å². The molecule has 1 saturated heterocycles. The highest BCUT2D eigenvalue weighted by atomic mass is 19.1. The predicted octanol–water partition coefficient (Wildman–Crippen LogP) is -0.0357. The van der Waals surface area contributed by atoms with Gasteiger partial charge in [-0.25, -0.2) is 4.39 Å². The first-order valence-corrected chi connectivity index (χ1v) is 6.77. The van der Waals surface area contributed by atoms with Crippen LogP contribution in [0.1, 0.15) is 28.8 Å². The molecule has 3 amide bonds. The maximum absolute atomic E-state index is 13.8. The number of hydrogen-bond donors (Lipinski definition) is 1. The van der Waals surface area contributed by atoms with Crippen LogP contribution in [-0.2, 0) is 16.1 Å². The highest BCUT2D eigenvalue weighted by Crippen LogP contribution is 2.27. The molecule has 3 rings (SSSR count). The van der Waals surface area contributed by atoms with Gasteiger partial charge >= 0.3 is 0 Å². The average Bonchev–Trinajstić information content (AvgIpc) is 2.75. The van der Waals surface area contributed by atoms with E-state index in [0.717, 1.165) is 0 Å². The lowest BCUT2D eigenvalue weighted by molar-refractivity contribution is -0.136. The molecule has 21 heavy (non-hydrogen) atoms. The van der Waals surface area contributed by atoms with Crippen LogP contribution in [0.25, 0.3) is 0 Å². The van der Waals surface area contributed by atoms with E-state index in [-0.39, 0.29) is 24.8 Å². The van der Waals surface area contributed by atoms with Gasteiger partial charge in [-0.15, -0.1) is 0 Å². The van der Waals surface area contributed by atoms with Crippen molar-refractivity contribution in [2.45, 2.75) is 32.3 Å². The minimum absolute atomic E-state index is 0.207. The quantitative estimate of drug-likeness (QED) is 0.613. The van der Waals surface area contributed by atoms with Gasteiger partial charge in [0.15, 0.2) is 7.28 Å². The number of hydrogen-bond acceptors (Lipinski definition) is 3. The minimum Gasteiger partial charge on any atom is -0.322 e. The molecule has 1 radical (unpaired) electrons. The number of benzene rings is 1. The highest BCUT2D eigenvalue weighted by molar-refractivity contribution is 6.52. The number of piperidine rings is 1. The average molecular weight is 287 g/mol. The number of carbonyl (C=O) groups is 3. The fourth-order valence-electron chi connectivity index (χ4n) is 2.83. The normalized spacial score (nSPS) is 21.3. The second-order valence-corrected chi connectivity index (χ2v) is 5.22. The predicted molar refractivity (Wildman–Crippen MR) is 73.7 cm³/mol. The smallest absolute Gasteiger partial charge is 0.255 e. The summed E-state index contributed by atoms with van der Waals surface area (Å²) in [6.45, 7) is 1.99. The van der Waals surface area contributed by atoms with Crippen molar-refractivity contribution in [3.8, 4) is 0 Å². The zero-order chi connectivity index (χ0) is 15.1. The third kappa shape index (κ3) is 2.22. The maximum atomic E-state index is 13.8. The molecule has 7 heteroatoms. The van der Waals surface area contributed by atoms with Crippen molar-refractivity contribution in [2.24, 2.45) is 0 Å². The van der Waals surface area contributed by atoms with E-state index in [9.17, 15) is 18.8 Å². The van der Waals surface area contributed by atoms with E-state index in [1.54, 1.807) is 20.2 Å². The largest absolute Gasteiger partial charge is 0.322 e. The van der Waals surface area contributed by atoms with Gasteiger partial charge in [-0.3, -0.25) is 19.7 Å². The van der Waals surface area contributed by atoms with Crippen LogP contribution in [0.15, 0.2) is 12.1 Å². The molecule has 5 nitrogen and oxygen atoms in total. The molecule has 0 spiro atoms. The zero-order valence-electron chi connectivity index (χ0n) is 11.5. The van der Waals surface area contributed by atoms with Gasteiger partial charge in [-0.05, 0) is 18.1 Å². The molecule has 107 valence electrons. The zero-order valence-corrected chi connectivity index (χ0v) is 11.5. The first kappa shape index (κ1) is 13.8. The van der Waals surface area contributed by atoms with E-state index in [0.29, 0.717) is 23.0 Å². The SMILES string of the molecule is C[B]c1cc2c(cc1F)C(=O)N(C1CCC(=O)NC1=O)C2. The number of halogens is 1. The van der Waals surface area contributed by atoms with Gasteiger partial charge in [0.05, 0.1) is 0 Å². The lowest BCUT2D eigenvalue weighted by Gasteiger charge is -2.29. The molecule has 0 aliphatic carbocycles. The third-order valence-electron chi connectivity index (χ3n) is 3.95. The first-order chi connectivity index (χ1) is 10.0. The van der Waals surface area contributed by atoms with Crippen LogP contribution in [0.4, 0.5) is 4.39 Å². The molecule has 1 fully saturated rings. The molecular formula is C14H13BFN2O3. The number of nitrogens with one attached hydrogen (secondary N) is 1. The molecule has 0 bridgehead atoms. The van der Waals surface area contributed by atoms with Gasteiger partial charge < -0.3 is 4.90 Å². The Hall–Kier alpha value is -2.18. The molecule has 1 atom stereocenters. The standard InChI is InChI=1S/C14H13BFN2O3/c1-15-9-4-7-6-18(14(21)8(7)5-10(9)16)11-2-3-12(19)17-13(11)20/h4-5,11H,2-3,6H2,1H3,(H,17,19,20). The van der Waals surface area contributed by atoms with E-state index >= 15 is 0 Å². The molecule has 2 aliphatic rings. The lowest BCUT2D eigenvalue weighted by Crippen LogP contribution is -2.52. The van der Waals surface area contributed by atoms with Crippen molar-refractivity contribution < 1.29 is 18.8 Å². The highest BCUT2D eigenvalue weighted by Gasteiger charge is 2.39. The van der Waals surface area contributed by atoms with E-state index in [1.165, 1.54) is 11.0 Å². The number of carbonyl (C=O) groups excluding carboxylic acids is 3. The Morgan fingerprint density at radius 1 is 1.33 bits per heavy atom. The molecule has 1 unspecified atom stereocenters. The fourth-order valence-corrected chi connectivity index (χ4v) is 2.83. The molecule has 1 aromatic rings. The Kier molecular flexibility index (Phi) is 3.27. The monoisotopic (exact) mass is 287 g/mol. The van der Waals surface area contributed by atoms with Crippen LogP contribution >= 0.6 is 0 Å². The van der Waals surface area contributed by atoms with Crippen molar-refractivity contribution in [1.29, 1.82) is 0 Å². The van der Waals surface area contributed by atoms with Crippen molar-refractivity contribution >= 4 is 30.5 Å². The summed E-state index contributed by atoms with van der Waals surface area (Å²) in [5.74, 6) is -1.60. The van der Waals surface area contributed by atoms with E-state index in [1.807, 2.05) is 0 Å². The molecule has 0 aromatic heterocycles. The summed E-state index contributed by atoms with van der Waals surface area (Å²) < 4.78 is 13.8. The Morgan fingerprint density at radius 3 is 2.76 bits per heavy atom. The summed E-state index contributed by atoms with van der Waals surface area (Å²) in [4.78, 5) is 36.8. The van der Waals surface area contributed by atoms with Gasteiger partial charge in [0.1, 0.15) is 11.9 Å². The summed E-state index contributed by atoms with van der Waals surface area (Å²) in [5.41, 5.74) is 1.44. The second kappa shape index (κ2) is 4.98. The number of nitrogens with zero attached hydrogens (tertiary/aromatic N) is 1. The topological polar surface area (TPSA) is 66.5 Å². The molecule has 1 aromatic carbocycles. The van der Waals surface area contributed by atoms with Crippen LogP contribution in [0, 0.1) is 5.82 Å². The third-order valence-corrected chi connectivity index (χ3v) is 3.95. The van der Waals surface area contributed by atoms with Crippen LogP contribution in [-0.4, -0.2) is 35.9 Å². The summed E-state index contributed by atoms with van der Waals surface area (Å²) in [7, 11) is 1.63. The maximum Gasteiger partial charge on any atom is 0.255 e. The Labute approximate surface area is 121 Å². The molecule has 2 aliphatic heterocycles. The minimum atomic E-state index is -0.667. The van der Waals surface area contributed by atoms with Crippen LogP contribution in [0.2, 0.25) is 6.82 Å². The van der Waals surface area contributed by atoms with Gasteiger partial charge in [-0.1, -0.05) is 18.4 Å². The van der Waals surface area contributed by atoms with E-state index < -0.39 is 17.8 Å². The van der Waals surface area contributed by atoms with Crippen LogP contribution in [0.5, 0.6) is 0 Å². The first-order valence-electron chi connectivity index (χ1n) is 6.77. The Bertz CT molecular complexity index is 662. The summed E-state index contributed by atoms with van der Waals surface area (Å²) in [6.07, 6.45) is 0.512. The second-order valence-electron chi connectivity index (χ2n) is 5.22. The van der Waals surface area contributed by atoms with Gasteiger partial charge in [0.25, 0.3) is 5.91 Å². The van der Waals surface area contributed by atoms with Crippen molar-refractivity contribution in [3.63, 3.8) is 0 Å². The Balaban J connectivity index is 1.90. The molecular weight excluding hydrogens is 274 g/mol. The van der Waals surface area contributed by atoms with Crippen molar-refractivity contribution in [3.05, 3.63) is 29.1 Å². The van der Waals surface area contributed by atoms with Crippen LogP contribution in [0.3, 0.4) is 0 Å². The van der Waals surface area contributed by atoms with Crippen molar-refractivity contribution in [1.82, 2.24) is 10.2 Å². The lowest BCUT2D eigenvalue weighted by atomic mass is 9.72. The number of amides is 3. The summed E-state index contributed by atoms with van der Waals surface area (Å²) in [5, 5.41) is 2.24. The summed E-state index contributed by atoms with van der Waals surface area (Å²) in [6, 6.07) is 2.19. The van der Waals surface area contributed by atoms with E-state index in [4.69, 9.17) is 0 Å². The molecule has 1 N–H and O–H groups in total. The van der Waals surface area contributed by atoms with Crippen molar-refractivity contribution in [2.75, 3.05) is 0 Å². The van der Waals surface area contributed by atoms with Gasteiger partial charge in [0.2, 0.25) is 11.8 Å². The number of imide groups is 1. The fraction of sp³-hybridized carbons (Fsp3) is 0.357. The number of fused-ring (bicyclic) bond motifs is 1. The number of rotatable bonds is 2. The van der Waals surface area contributed by atoms with E-state index in [2.05, 4.69) is 5.32 Å². The molecule has 2 heterocycles. The van der Waals surface area contributed by atoms with Gasteiger partial charge in [-0.2, -0.15) is 0 Å². The van der Waals surface area contributed by atoms with Crippen LogP contribution < -0.4 is 10.8 Å².